The van der Waals surface area contributed by atoms with Crippen LogP contribution in [0.4, 0.5) is 5.95 Å². The van der Waals surface area contributed by atoms with E-state index in [0.717, 1.165) is 51.8 Å². The third-order valence-corrected chi connectivity index (χ3v) is 5.66. The molecule has 1 aromatic rings. The maximum atomic E-state index is 12.6. The molecule has 25 heavy (non-hydrogen) atoms. The van der Waals surface area contributed by atoms with Crippen molar-refractivity contribution < 1.29 is 14.3 Å². The van der Waals surface area contributed by atoms with Gasteiger partial charge in [-0.1, -0.05) is 0 Å². The van der Waals surface area contributed by atoms with E-state index in [1.807, 2.05) is 11.0 Å². The van der Waals surface area contributed by atoms with Gasteiger partial charge in [0.15, 0.2) is 0 Å². The molecule has 3 aliphatic heterocycles. The van der Waals surface area contributed by atoms with E-state index in [1.54, 1.807) is 12.4 Å². The van der Waals surface area contributed by atoms with E-state index in [9.17, 15) is 4.79 Å². The number of nitrogens with zero attached hydrogens (tertiary/aromatic N) is 3. The van der Waals surface area contributed by atoms with Crippen molar-refractivity contribution in [1.82, 2.24) is 14.9 Å². The molecule has 1 amide bonds. The highest BCUT2D eigenvalue weighted by molar-refractivity contribution is 5.79. The standard InChI is InChI=1S/C18H26N4O3/c23-16(14-2-10-24-13-14)22-8-4-18(5-9-22)12-15(3-11-25-18)21-17-19-6-1-7-20-17/h1,6-7,14-15H,2-5,8-13H2,(H,19,20,21). The topological polar surface area (TPSA) is 76.6 Å². The van der Waals surface area contributed by atoms with Gasteiger partial charge >= 0.3 is 0 Å². The fraction of sp³-hybridized carbons (Fsp3) is 0.722. The van der Waals surface area contributed by atoms with Crippen LogP contribution in [0.5, 0.6) is 0 Å². The van der Waals surface area contributed by atoms with Gasteiger partial charge in [0.2, 0.25) is 11.9 Å². The van der Waals surface area contributed by atoms with Crippen molar-refractivity contribution in [2.24, 2.45) is 5.92 Å². The SMILES string of the molecule is O=C(C1CCOC1)N1CCC2(CC1)CC(Nc1ncccn1)CCO2. The van der Waals surface area contributed by atoms with E-state index in [-0.39, 0.29) is 17.4 Å². The van der Waals surface area contributed by atoms with Gasteiger partial charge < -0.3 is 19.7 Å². The summed E-state index contributed by atoms with van der Waals surface area (Å²) in [6.07, 6.45) is 8.07. The molecule has 3 aliphatic rings. The smallest absolute Gasteiger partial charge is 0.228 e. The number of piperidine rings is 1. The first kappa shape index (κ1) is 16.7. The van der Waals surface area contributed by atoms with Crippen molar-refractivity contribution in [3.05, 3.63) is 18.5 Å². The fourth-order valence-electron chi connectivity index (χ4n) is 4.18. The molecule has 4 rings (SSSR count). The molecule has 0 aliphatic carbocycles. The van der Waals surface area contributed by atoms with Crippen LogP contribution in [0, 0.1) is 5.92 Å². The lowest BCUT2D eigenvalue weighted by atomic mass is 9.82. The summed E-state index contributed by atoms with van der Waals surface area (Å²) in [6.45, 7) is 3.61. The van der Waals surface area contributed by atoms with Crippen molar-refractivity contribution in [2.45, 2.75) is 43.7 Å². The Bertz CT molecular complexity index is 583. The van der Waals surface area contributed by atoms with Crippen LogP contribution in [0.15, 0.2) is 18.5 Å². The zero-order valence-corrected chi connectivity index (χ0v) is 14.5. The molecule has 3 fully saturated rings. The average molecular weight is 346 g/mol. The third kappa shape index (κ3) is 3.77. The lowest BCUT2D eigenvalue weighted by Crippen LogP contribution is -2.53. The first-order valence-electron chi connectivity index (χ1n) is 9.28. The second-order valence-corrected chi connectivity index (χ2v) is 7.32. The molecular formula is C18H26N4O3. The summed E-state index contributed by atoms with van der Waals surface area (Å²) in [7, 11) is 0. The molecule has 7 heteroatoms. The Balaban J connectivity index is 1.33. The van der Waals surface area contributed by atoms with Gasteiger partial charge in [0.1, 0.15) is 0 Å². The molecule has 0 radical (unpaired) electrons. The number of carbonyl (C=O) groups excluding carboxylic acids is 1. The van der Waals surface area contributed by atoms with Crippen molar-refractivity contribution in [3.8, 4) is 0 Å². The molecule has 2 unspecified atom stereocenters. The molecule has 1 N–H and O–H groups in total. The molecule has 7 nitrogen and oxygen atoms in total. The summed E-state index contributed by atoms with van der Waals surface area (Å²) in [5.74, 6) is 1.000. The molecule has 1 aromatic heterocycles. The molecule has 0 aromatic carbocycles. The van der Waals surface area contributed by atoms with Crippen LogP contribution in [-0.2, 0) is 14.3 Å². The Morgan fingerprint density at radius 3 is 2.72 bits per heavy atom. The molecule has 4 heterocycles. The summed E-state index contributed by atoms with van der Waals surface area (Å²) >= 11 is 0. The highest BCUT2D eigenvalue weighted by atomic mass is 16.5. The van der Waals surface area contributed by atoms with Crippen LogP contribution >= 0.6 is 0 Å². The third-order valence-electron chi connectivity index (χ3n) is 5.66. The monoisotopic (exact) mass is 346 g/mol. The normalized spacial score (nSPS) is 28.9. The maximum Gasteiger partial charge on any atom is 0.228 e. The zero-order chi connectivity index (χ0) is 17.1. The van der Waals surface area contributed by atoms with E-state index in [0.29, 0.717) is 25.2 Å². The van der Waals surface area contributed by atoms with Crippen molar-refractivity contribution >= 4 is 11.9 Å². The van der Waals surface area contributed by atoms with Crippen LogP contribution in [-0.4, -0.2) is 65.3 Å². The van der Waals surface area contributed by atoms with E-state index in [2.05, 4.69) is 15.3 Å². The van der Waals surface area contributed by atoms with Crippen LogP contribution < -0.4 is 5.32 Å². The lowest BCUT2D eigenvalue weighted by Gasteiger charge is -2.46. The molecule has 2 atom stereocenters. The number of rotatable bonds is 3. The quantitative estimate of drug-likeness (QED) is 0.893. The number of hydrogen-bond donors (Lipinski definition) is 1. The highest BCUT2D eigenvalue weighted by Crippen LogP contribution is 2.36. The van der Waals surface area contributed by atoms with E-state index in [1.165, 1.54) is 0 Å². The van der Waals surface area contributed by atoms with Gasteiger partial charge in [0.05, 0.1) is 18.1 Å². The average Bonchev–Trinajstić information content (AvgIpc) is 3.18. The van der Waals surface area contributed by atoms with Crippen LogP contribution in [0.3, 0.4) is 0 Å². The first-order chi connectivity index (χ1) is 12.2. The highest BCUT2D eigenvalue weighted by Gasteiger charge is 2.42. The first-order valence-corrected chi connectivity index (χ1v) is 9.28. The summed E-state index contributed by atoms with van der Waals surface area (Å²) in [5.41, 5.74) is -0.117. The summed E-state index contributed by atoms with van der Waals surface area (Å²) in [6, 6.07) is 2.14. The van der Waals surface area contributed by atoms with Crippen LogP contribution in [0.1, 0.15) is 32.1 Å². The second-order valence-electron chi connectivity index (χ2n) is 7.32. The van der Waals surface area contributed by atoms with Gasteiger partial charge in [0.25, 0.3) is 0 Å². The van der Waals surface area contributed by atoms with Crippen molar-refractivity contribution in [3.63, 3.8) is 0 Å². The number of hydrogen-bond acceptors (Lipinski definition) is 6. The Morgan fingerprint density at radius 2 is 2.00 bits per heavy atom. The van der Waals surface area contributed by atoms with Gasteiger partial charge in [-0.2, -0.15) is 0 Å². The predicted molar refractivity (Wildman–Crippen MR) is 92.1 cm³/mol. The zero-order valence-electron chi connectivity index (χ0n) is 14.5. The predicted octanol–water partition coefficient (Wildman–Crippen LogP) is 1.47. The maximum absolute atomic E-state index is 12.6. The van der Waals surface area contributed by atoms with Crippen LogP contribution in [0.25, 0.3) is 0 Å². The van der Waals surface area contributed by atoms with Gasteiger partial charge in [-0.25, -0.2) is 9.97 Å². The number of nitrogens with one attached hydrogen (secondary N) is 1. The van der Waals surface area contributed by atoms with Crippen LogP contribution in [0.2, 0.25) is 0 Å². The van der Waals surface area contributed by atoms with Crippen molar-refractivity contribution in [1.29, 1.82) is 0 Å². The minimum Gasteiger partial charge on any atom is -0.381 e. The fourth-order valence-corrected chi connectivity index (χ4v) is 4.18. The minimum absolute atomic E-state index is 0.0611. The van der Waals surface area contributed by atoms with Gasteiger partial charge in [-0.15, -0.1) is 0 Å². The van der Waals surface area contributed by atoms with E-state index < -0.39 is 0 Å². The Hall–Kier alpha value is -1.73. The number of carbonyl (C=O) groups is 1. The molecule has 0 bridgehead atoms. The summed E-state index contributed by atoms with van der Waals surface area (Å²) in [5, 5.41) is 3.43. The Labute approximate surface area is 148 Å². The lowest BCUT2D eigenvalue weighted by molar-refractivity contribution is -0.147. The van der Waals surface area contributed by atoms with Gasteiger partial charge in [-0.3, -0.25) is 4.79 Å². The van der Waals surface area contributed by atoms with Gasteiger partial charge in [-0.05, 0) is 38.2 Å². The van der Waals surface area contributed by atoms with Crippen molar-refractivity contribution in [2.75, 3.05) is 38.2 Å². The molecule has 3 saturated heterocycles. The number of aromatic nitrogens is 2. The number of anilines is 1. The number of amides is 1. The van der Waals surface area contributed by atoms with E-state index >= 15 is 0 Å². The molecule has 136 valence electrons. The Morgan fingerprint density at radius 1 is 1.20 bits per heavy atom. The molecule has 0 saturated carbocycles. The summed E-state index contributed by atoms with van der Waals surface area (Å²) in [4.78, 5) is 23.1. The summed E-state index contributed by atoms with van der Waals surface area (Å²) < 4.78 is 11.5. The van der Waals surface area contributed by atoms with Gasteiger partial charge in [0, 0.05) is 44.7 Å². The number of likely N-dealkylation sites (tertiary alicyclic amines) is 1. The minimum atomic E-state index is -0.117. The number of ether oxygens (including phenoxy) is 2. The largest absolute Gasteiger partial charge is 0.381 e. The Kier molecular flexibility index (Phi) is 4.85. The molecule has 1 spiro atoms. The van der Waals surface area contributed by atoms with E-state index in [4.69, 9.17) is 9.47 Å². The molecular weight excluding hydrogens is 320 g/mol. The second kappa shape index (κ2) is 7.25.